The zero-order valence-corrected chi connectivity index (χ0v) is 16.8. The van der Waals surface area contributed by atoms with Gasteiger partial charge in [0, 0.05) is 26.1 Å². The molecule has 5 nitrogen and oxygen atoms in total. The summed E-state index contributed by atoms with van der Waals surface area (Å²) < 4.78 is 43.8. The van der Waals surface area contributed by atoms with Gasteiger partial charge in [0.15, 0.2) is 0 Å². The number of benzene rings is 1. The predicted molar refractivity (Wildman–Crippen MR) is 98.8 cm³/mol. The van der Waals surface area contributed by atoms with E-state index in [0.717, 1.165) is 12.1 Å². The molecule has 2 amide bonds. The number of hydrogen-bond acceptors (Lipinski definition) is 3. The van der Waals surface area contributed by atoms with Crippen molar-refractivity contribution in [2.24, 2.45) is 0 Å². The lowest BCUT2D eigenvalue weighted by Gasteiger charge is -2.29. The maximum absolute atomic E-state index is 12.8. The topological polar surface area (TPSA) is 49.9 Å². The Labute approximate surface area is 163 Å². The van der Waals surface area contributed by atoms with Crippen molar-refractivity contribution in [1.82, 2.24) is 9.80 Å². The molecular formula is C20H27F3N2O3. The van der Waals surface area contributed by atoms with Crippen LogP contribution >= 0.6 is 0 Å². The van der Waals surface area contributed by atoms with Gasteiger partial charge in [-0.2, -0.15) is 13.2 Å². The lowest BCUT2D eigenvalue weighted by atomic mass is 9.95. The molecule has 0 bridgehead atoms. The van der Waals surface area contributed by atoms with Crippen molar-refractivity contribution in [1.29, 1.82) is 0 Å². The van der Waals surface area contributed by atoms with Crippen molar-refractivity contribution in [3.63, 3.8) is 0 Å². The Bertz CT molecular complexity index is 711. The average molecular weight is 400 g/mol. The molecule has 156 valence electrons. The summed E-state index contributed by atoms with van der Waals surface area (Å²) >= 11 is 0. The number of likely N-dealkylation sites (tertiary alicyclic amines) is 1. The summed E-state index contributed by atoms with van der Waals surface area (Å²) in [4.78, 5) is 28.3. The van der Waals surface area contributed by atoms with Crippen LogP contribution in [0.25, 0.3) is 0 Å². The van der Waals surface area contributed by atoms with Crippen LogP contribution in [0.4, 0.5) is 18.0 Å². The minimum absolute atomic E-state index is 0.206. The molecule has 0 radical (unpaired) electrons. The van der Waals surface area contributed by atoms with E-state index in [2.05, 4.69) is 0 Å². The number of nitrogens with zero attached hydrogens (tertiary/aromatic N) is 2. The quantitative estimate of drug-likeness (QED) is 0.761. The van der Waals surface area contributed by atoms with Gasteiger partial charge in [-0.25, -0.2) is 4.79 Å². The number of carbonyl (C=O) groups is 2. The van der Waals surface area contributed by atoms with Crippen molar-refractivity contribution in [2.45, 2.75) is 57.9 Å². The van der Waals surface area contributed by atoms with E-state index in [9.17, 15) is 22.8 Å². The van der Waals surface area contributed by atoms with Crippen LogP contribution in [0.3, 0.4) is 0 Å². The lowest BCUT2D eigenvalue weighted by molar-refractivity contribution is -0.137. The van der Waals surface area contributed by atoms with Crippen LogP contribution in [0.2, 0.25) is 0 Å². The van der Waals surface area contributed by atoms with E-state index in [0.29, 0.717) is 18.5 Å². The first-order valence-corrected chi connectivity index (χ1v) is 9.25. The molecule has 2 rings (SSSR count). The highest BCUT2D eigenvalue weighted by molar-refractivity contribution is 5.86. The zero-order chi connectivity index (χ0) is 21.3. The highest BCUT2D eigenvalue weighted by Crippen LogP contribution is 2.35. The number of halogens is 3. The van der Waals surface area contributed by atoms with E-state index in [4.69, 9.17) is 4.74 Å². The molecule has 1 heterocycles. The second-order valence-corrected chi connectivity index (χ2v) is 8.05. The molecule has 0 aromatic heterocycles. The van der Waals surface area contributed by atoms with Crippen LogP contribution in [0.5, 0.6) is 0 Å². The first-order valence-electron chi connectivity index (χ1n) is 9.25. The molecule has 1 saturated heterocycles. The fraction of sp³-hybridized carbons (Fsp3) is 0.600. The molecule has 1 aromatic carbocycles. The van der Waals surface area contributed by atoms with Gasteiger partial charge in [-0.05, 0) is 51.8 Å². The van der Waals surface area contributed by atoms with Crippen LogP contribution < -0.4 is 0 Å². The SMILES string of the molecule is CCN(C)C(=O)[C@@H]1CC(c2ccc(C(F)(F)F)cc2)CN1C(=O)OC(C)(C)C. The number of alkyl halides is 3. The number of amides is 2. The van der Waals surface area contributed by atoms with Gasteiger partial charge in [-0.3, -0.25) is 9.69 Å². The third-order valence-corrected chi connectivity index (χ3v) is 4.77. The van der Waals surface area contributed by atoms with Gasteiger partial charge in [-0.1, -0.05) is 12.1 Å². The van der Waals surface area contributed by atoms with Crippen molar-refractivity contribution in [2.75, 3.05) is 20.1 Å². The molecule has 2 atom stereocenters. The van der Waals surface area contributed by atoms with Crippen molar-refractivity contribution < 1.29 is 27.5 Å². The first kappa shape index (κ1) is 22.0. The number of carbonyl (C=O) groups excluding carboxylic acids is 2. The summed E-state index contributed by atoms with van der Waals surface area (Å²) in [6, 6.07) is 4.18. The molecule has 1 aromatic rings. The highest BCUT2D eigenvalue weighted by atomic mass is 19.4. The molecule has 1 aliphatic rings. The summed E-state index contributed by atoms with van der Waals surface area (Å²) in [5, 5.41) is 0. The first-order chi connectivity index (χ1) is 12.8. The summed E-state index contributed by atoms with van der Waals surface area (Å²) in [5.74, 6) is -0.447. The summed E-state index contributed by atoms with van der Waals surface area (Å²) in [5.41, 5.74) is -0.777. The van der Waals surface area contributed by atoms with Gasteiger partial charge in [0.05, 0.1) is 5.56 Å². The Morgan fingerprint density at radius 3 is 2.21 bits per heavy atom. The third kappa shape index (κ3) is 5.17. The lowest BCUT2D eigenvalue weighted by Crippen LogP contribution is -2.48. The predicted octanol–water partition coefficient (Wildman–Crippen LogP) is 4.28. The van der Waals surface area contributed by atoms with Gasteiger partial charge >= 0.3 is 12.3 Å². The zero-order valence-electron chi connectivity index (χ0n) is 16.8. The van der Waals surface area contributed by atoms with Gasteiger partial charge in [0.25, 0.3) is 0 Å². The van der Waals surface area contributed by atoms with Crippen LogP contribution in [-0.4, -0.2) is 53.6 Å². The number of ether oxygens (including phenoxy) is 1. The molecule has 0 aliphatic carbocycles. The maximum atomic E-state index is 12.8. The fourth-order valence-corrected chi connectivity index (χ4v) is 3.19. The fourth-order valence-electron chi connectivity index (χ4n) is 3.19. The van der Waals surface area contributed by atoms with E-state index < -0.39 is 29.5 Å². The second kappa shape index (κ2) is 8.01. The smallest absolute Gasteiger partial charge is 0.416 e. The number of likely N-dealkylation sites (N-methyl/N-ethyl adjacent to an activating group) is 1. The van der Waals surface area contributed by atoms with E-state index in [-0.39, 0.29) is 18.4 Å². The average Bonchev–Trinajstić information content (AvgIpc) is 3.03. The van der Waals surface area contributed by atoms with Crippen molar-refractivity contribution >= 4 is 12.0 Å². The minimum Gasteiger partial charge on any atom is -0.444 e. The molecular weight excluding hydrogens is 373 g/mol. The summed E-state index contributed by atoms with van der Waals surface area (Å²) in [7, 11) is 1.65. The monoisotopic (exact) mass is 400 g/mol. The normalized spacial score (nSPS) is 20.2. The Morgan fingerprint density at radius 2 is 1.75 bits per heavy atom. The Kier molecular flexibility index (Phi) is 6.31. The standard InChI is InChI=1S/C20H27F3N2O3/c1-6-24(5)17(26)16-11-14(12-25(16)18(27)28-19(2,3)4)13-7-9-15(10-8-13)20(21,22)23/h7-10,14,16H,6,11-12H2,1-5H3/t14?,16-/m0/s1. The largest absolute Gasteiger partial charge is 0.444 e. The Balaban J connectivity index is 2.26. The molecule has 8 heteroatoms. The molecule has 1 fully saturated rings. The van der Waals surface area contributed by atoms with Gasteiger partial charge in [0.2, 0.25) is 5.91 Å². The van der Waals surface area contributed by atoms with Crippen LogP contribution in [0.1, 0.15) is 51.2 Å². The summed E-state index contributed by atoms with van der Waals surface area (Å²) in [6.07, 6.45) is -4.66. The van der Waals surface area contributed by atoms with Crippen molar-refractivity contribution in [3.8, 4) is 0 Å². The number of hydrogen-bond donors (Lipinski definition) is 0. The van der Waals surface area contributed by atoms with Crippen LogP contribution in [0, 0.1) is 0 Å². The third-order valence-electron chi connectivity index (χ3n) is 4.77. The van der Waals surface area contributed by atoms with E-state index >= 15 is 0 Å². The molecule has 1 unspecified atom stereocenters. The molecule has 0 N–H and O–H groups in total. The van der Waals surface area contributed by atoms with E-state index in [1.54, 1.807) is 27.8 Å². The van der Waals surface area contributed by atoms with E-state index in [1.807, 2.05) is 6.92 Å². The molecule has 0 saturated carbocycles. The number of rotatable bonds is 3. The Morgan fingerprint density at radius 1 is 1.18 bits per heavy atom. The molecule has 0 spiro atoms. The molecule has 1 aliphatic heterocycles. The molecule has 28 heavy (non-hydrogen) atoms. The maximum Gasteiger partial charge on any atom is 0.416 e. The van der Waals surface area contributed by atoms with Gasteiger partial charge in [0.1, 0.15) is 11.6 Å². The highest BCUT2D eigenvalue weighted by Gasteiger charge is 2.43. The van der Waals surface area contributed by atoms with Crippen molar-refractivity contribution in [3.05, 3.63) is 35.4 Å². The van der Waals surface area contributed by atoms with Gasteiger partial charge < -0.3 is 9.64 Å². The van der Waals surface area contributed by atoms with Crippen LogP contribution in [0.15, 0.2) is 24.3 Å². The van der Waals surface area contributed by atoms with Crippen LogP contribution in [-0.2, 0) is 15.7 Å². The van der Waals surface area contributed by atoms with Gasteiger partial charge in [-0.15, -0.1) is 0 Å². The summed E-state index contributed by atoms with van der Waals surface area (Å²) in [6.45, 7) is 7.75. The minimum atomic E-state index is -4.40. The second-order valence-electron chi connectivity index (χ2n) is 8.05. The van der Waals surface area contributed by atoms with E-state index in [1.165, 1.54) is 21.9 Å². The Hall–Kier alpha value is -2.25.